The van der Waals surface area contributed by atoms with Crippen molar-refractivity contribution in [2.75, 3.05) is 50.0 Å². The van der Waals surface area contributed by atoms with Gasteiger partial charge in [0, 0.05) is 51.4 Å². The van der Waals surface area contributed by atoms with E-state index in [1.807, 2.05) is 36.5 Å². The molecule has 0 spiro atoms. The molecule has 3 aromatic heterocycles. The molecule has 0 aromatic carbocycles. The minimum Gasteiger partial charge on any atom is -0.368 e. The molecule has 1 amide bonds. The highest BCUT2D eigenvalue weighted by Gasteiger charge is 2.41. The summed E-state index contributed by atoms with van der Waals surface area (Å²) in [6, 6.07) is 6.63. The summed E-state index contributed by atoms with van der Waals surface area (Å²) in [5.74, 6) is 2.22. The minimum absolute atomic E-state index is 0.0766. The summed E-state index contributed by atoms with van der Waals surface area (Å²) in [6.07, 6.45) is 14.1. The topological polar surface area (TPSA) is 82.4 Å². The molecule has 9 heteroatoms. The third-order valence-corrected chi connectivity index (χ3v) is 9.35. The number of carbonyl (C=O) groups is 1. The molecule has 2 atom stereocenters. The first-order chi connectivity index (χ1) is 18.6. The molecule has 3 aromatic rings. The van der Waals surface area contributed by atoms with Gasteiger partial charge in [0.1, 0.15) is 17.2 Å². The van der Waals surface area contributed by atoms with Gasteiger partial charge >= 0.3 is 0 Å². The summed E-state index contributed by atoms with van der Waals surface area (Å²) < 4.78 is 2.16. The Morgan fingerprint density at radius 2 is 1.74 bits per heavy atom. The van der Waals surface area contributed by atoms with Gasteiger partial charge < -0.3 is 19.7 Å². The quantitative estimate of drug-likeness (QED) is 0.539. The van der Waals surface area contributed by atoms with Crippen molar-refractivity contribution in [1.82, 2.24) is 29.3 Å². The largest absolute Gasteiger partial charge is 0.368 e. The lowest BCUT2D eigenvalue weighted by atomic mass is 9.89. The van der Waals surface area contributed by atoms with E-state index < -0.39 is 0 Å². The third kappa shape index (κ3) is 4.30. The summed E-state index contributed by atoms with van der Waals surface area (Å²) in [5.41, 5.74) is 2.72. The van der Waals surface area contributed by atoms with Crippen LogP contribution in [0.15, 0.2) is 30.6 Å². The van der Waals surface area contributed by atoms with Gasteiger partial charge in [0.05, 0.1) is 24.0 Å². The molecule has 38 heavy (non-hydrogen) atoms. The summed E-state index contributed by atoms with van der Waals surface area (Å²) >= 11 is 0. The number of aromatic nitrogens is 4. The number of anilines is 3. The van der Waals surface area contributed by atoms with Crippen molar-refractivity contribution in [1.29, 1.82) is 0 Å². The number of nitrogens with zero attached hydrogens (tertiary/aromatic N) is 7. The Bertz CT molecular complexity index is 1310. The molecule has 200 valence electrons. The highest BCUT2D eigenvalue weighted by atomic mass is 16.2. The standard InChI is InChI=1S/C29H38N8O/c1-34-23-8-5-9-24(23)37-25(28(34)38)16-21-17-31-29(33-27(21)37)32-26-11-10-22(18-30-26)36-14-12-35(13-15-36)19-20-6-3-2-4-7-20/h10-11,16-18,20,23-24H,2-9,12-15,19H2,1H3,(H,30,31,32,33). The van der Waals surface area contributed by atoms with Crippen molar-refractivity contribution >= 4 is 34.4 Å². The summed E-state index contributed by atoms with van der Waals surface area (Å²) in [5, 5.41) is 4.19. The van der Waals surface area contributed by atoms with Gasteiger partial charge in [-0.05, 0) is 56.2 Å². The smallest absolute Gasteiger partial charge is 0.270 e. The maximum atomic E-state index is 13.0. The van der Waals surface area contributed by atoms with E-state index in [2.05, 4.69) is 35.7 Å². The molecule has 0 radical (unpaired) electrons. The second kappa shape index (κ2) is 9.84. The fourth-order valence-electron chi connectivity index (χ4n) is 7.26. The molecule has 2 saturated carbocycles. The monoisotopic (exact) mass is 514 g/mol. The Morgan fingerprint density at radius 3 is 2.53 bits per heavy atom. The van der Waals surface area contributed by atoms with Crippen molar-refractivity contribution in [2.24, 2.45) is 5.92 Å². The van der Waals surface area contributed by atoms with Gasteiger partial charge in [-0.3, -0.25) is 9.69 Å². The van der Waals surface area contributed by atoms with E-state index in [1.165, 1.54) is 44.3 Å². The van der Waals surface area contributed by atoms with E-state index >= 15 is 0 Å². The minimum atomic E-state index is 0.0766. The van der Waals surface area contributed by atoms with E-state index in [1.54, 1.807) is 0 Å². The van der Waals surface area contributed by atoms with Crippen LogP contribution >= 0.6 is 0 Å². The van der Waals surface area contributed by atoms with Crippen LogP contribution < -0.4 is 10.2 Å². The van der Waals surface area contributed by atoms with Gasteiger partial charge in [-0.15, -0.1) is 0 Å². The van der Waals surface area contributed by atoms with Gasteiger partial charge in [-0.2, -0.15) is 4.98 Å². The first kappa shape index (κ1) is 23.9. The van der Waals surface area contributed by atoms with Crippen molar-refractivity contribution in [3.05, 3.63) is 36.3 Å². The predicted molar refractivity (Wildman–Crippen MR) is 149 cm³/mol. The molecule has 4 aliphatic rings. The lowest BCUT2D eigenvalue weighted by Gasteiger charge is -2.38. The second-order valence-corrected chi connectivity index (χ2v) is 11.7. The summed E-state index contributed by atoms with van der Waals surface area (Å²) in [6.45, 7) is 5.64. The molecule has 2 aliphatic carbocycles. The molecule has 0 bridgehead atoms. The molecule has 3 fully saturated rings. The normalized spacial score (nSPS) is 24.6. The number of carbonyl (C=O) groups excluding carboxylic acids is 1. The van der Waals surface area contributed by atoms with Gasteiger partial charge in [0.15, 0.2) is 0 Å². The van der Waals surface area contributed by atoms with Gasteiger partial charge in [-0.1, -0.05) is 19.3 Å². The van der Waals surface area contributed by atoms with Crippen LogP contribution in [0.2, 0.25) is 0 Å². The number of hydrogen-bond donors (Lipinski definition) is 1. The van der Waals surface area contributed by atoms with Crippen LogP contribution in [0, 0.1) is 5.92 Å². The highest BCUT2D eigenvalue weighted by molar-refractivity contribution is 5.99. The molecule has 2 unspecified atom stereocenters. The maximum absolute atomic E-state index is 13.0. The zero-order valence-electron chi connectivity index (χ0n) is 22.3. The molecule has 7 rings (SSSR count). The summed E-state index contributed by atoms with van der Waals surface area (Å²) in [4.78, 5) is 34.1. The molecule has 1 N–H and O–H groups in total. The number of rotatable bonds is 5. The van der Waals surface area contributed by atoms with Crippen LogP contribution in [0.4, 0.5) is 17.5 Å². The fourth-order valence-corrected chi connectivity index (χ4v) is 7.26. The van der Waals surface area contributed by atoms with Gasteiger partial charge in [0.25, 0.3) is 5.91 Å². The molecule has 1 saturated heterocycles. The zero-order chi connectivity index (χ0) is 25.6. The van der Waals surface area contributed by atoms with Crippen LogP contribution in [0.3, 0.4) is 0 Å². The van der Waals surface area contributed by atoms with E-state index in [-0.39, 0.29) is 18.0 Å². The maximum Gasteiger partial charge on any atom is 0.270 e. The third-order valence-electron chi connectivity index (χ3n) is 9.35. The molecule has 2 aliphatic heterocycles. The number of amides is 1. The number of hydrogen-bond acceptors (Lipinski definition) is 7. The van der Waals surface area contributed by atoms with Crippen molar-refractivity contribution in [2.45, 2.75) is 63.5 Å². The Kier molecular flexibility index (Phi) is 6.18. The Morgan fingerprint density at radius 1 is 0.921 bits per heavy atom. The van der Waals surface area contributed by atoms with E-state index in [0.29, 0.717) is 5.95 Å². The lowest BCUT2D eigenvalue weighted by Crippen LogP contribution is -2.48. The van der Waals surface area contributed by atoms with Crippen LogP contribution in [-0.4, -0.2) is 81.0 Å². The van der Waals surface area contributed by atoms with E-state index in [0.717, 1.165) is 73.9 Å². The van der Waals surface area contributed by atoms with Crippen LogP contribution in [0.1, 0.15) is 67.9 Å². The first-order valence-corrected chi connectivity index (χ1v) is 14.5. The average Bonchev–Trinajstić information content (AvgIpc) is 3.58. The van der Waals surface area contributed by atoms with Crippen LogP contribution in [-0.2, 0) is 0 Å². The van der Waals surface area contributed by atoms with Crippen molar-refractivity contribution in [3.8, 4) is 0 Å². The summed E-state index contributed by atoms with van der Waals surface area (Å²) in [7, 11) is 1.93. The first-order valence-electron chi connectivity index (χ1n) is 14.5. The Hall–Kier alpha value is -3.20. The van der Waals surface area contributed by atoms with E-state index in [9.17, 15) is 4.79 Å². The Balaban J connectivity index is 1.02. The van der Waals surface area contributed by atoms with Crippen LogP contribution in [0.25, 0.3) is 11.0 Å². The Labute approximate surface area is 224 Å². The number of piperazine rings is 1. The average molecular weight is 515 g/mol. The van der Waals surface area contributed by atoms with Gasteiger partial charge in [0.2, 0.25) is 5.95 Å². The fraction of sp³-hybridized carbons (Fsp3) is 0.586. The molecular formula is C29H38N8O. The SMILES string of the molecule is CN1C(=O)c2cc3cnc(Nc4ccc(N5CCN(CC6CCCCC6)CC5)cn4)nc3n2C2CCCC21. The van der Waals surface area contributed by atoms with Crippen molar-refractivity contribution < 1.29 is 4.79 Å². The zero-order valence-corrected chi connectivity index (χ0v) is 22.3. The molecule has 5 heterocycles. The predicted octanol–water partition coefficient (Wildman–Crippen LogP) is 4.45. The number of nitrogens with one attached hydrogen (secondary N) is 1. The number of fused-ring (bicyclic) bond motifs is 5. The number of likely N-dealkylation sites (N-methyl/N-ethyl adjacent to an activating group) is 1. The highest BCUT2D eigenvalue weighted by Crippen LogP contribution is 2.41. The van der Waals surface area contributed by atoms with Gasteiger partial charge in [-0.25, -0.2) is 9.97 Å². The lowest BCUT2D eigenvalue weighted by molar-refractivity contribution is 0.0632. The number of pyridine rings is 1. The second-order valence-electron chi connectivity index (χ2n) is 11.7. The van der Waals surface area contributed by atoms with E-state index in [4.69, 9.17) is 4.98 Å². The van der Waals surface area contributed by atoms with Crippen LogP contribution in [0.5, 0.6) is 0 Å². The van der Waals surface area contributed by atoms with Crippen molar-refractivity contribution in [3.63, 3.8) is 0 Å². The molecular weight excluding hydrogens is 476 g/mol. The molecule has 9 nitrogen and oxygen atoms in total.